The zero-order valence-corrected chi connectivity index (χ0v) is 10.2. The Bertz CT molecular complexity index is 197. The molecule has 0 radical (unpaired) electrons. The fourth-order valence-electron chi connectivity index (χ4n) is 2.99. The van der Waals surface area contributed by atoms with E-state index in [1.54, 1.807) is 0 Å². The highest BCUT2D eigenvalue weighted by molar-refractivity contribution is 4.58. The minimum Gasteiger partial charge on any atom is -0.633 e. The molecule has 16 heavy (non-hydrogen) atoms. The largest absolute Gasteiger partial charge is 0.633 e. The number of hydrogen-bond donors (Lipinski definition) is 0. The van der Waals surface area contributed by atoms with Crippen LogP contribution in [0, 0.1) is 10.4 Å². The molecule has 2 fully saturated rings. The van der Waals surface area contributed by atoms with Gasteiger partial charge in [0.15, 0.2) is 0 Å². The van der Waals surface area contributed by atoms with Gasteiger partial charge in [-0.25, -0.2) is 0 Å². The molecule has 0 bridgehead atoms. The van der Waals surface area contributed by atoms with Crippen LogP contribution in [0.15, 0.2) is 0 Å². The number of hydrogen-bond acceptors (Lipinski definition) is 2. The molecule has 0 unspecified atom stereocenters. The van der Waals surface area contributed by atoms with Gasteiger partial charge in [0.1, 0.15) is 13.1 Å². The lowest BCUT2D eigenvalue weighted by Gasteiger charge is -2.50. The first-order valence-corrected chi connectivity index (χ1v) is 6.76. The molecule has 94 valence electrons. The molecule has 2 aliphatic rings. The van der Waals surface area contributed by atoms with Crippen LogP contribution in [0.3, 0.4) is 0 Å². The SMILES string of the molecule is [O-][N+]1(CC[N+]2([O-])CCCCC2)CCCCC1. The Morgan fingerprint density at radius 3 is 1.19 bits per heavy atom. The van der Waals surface area contributed by atoms with E-state index in [1.165, 1.54) is 12.8 Å². The Balaban J connectivity index is 1.80. The van der Waals surface area contributed by atoms with Crippen LogP contribution in [0.25, 0.3) is 0 Å². The number of likely N-dealkylation sites (tertiary alicyclic amines) is 2. The van der Waals surface area contributed by atoms with Crippen LogP contribution < -0.4 is 0 Å². The van der Waals surface area contributed by atoms with Gasteiger partial charge in [-0.15, -0.1) is 0 Å². The molecule has 0 aromatic heterocycles. The molecular weight excluding hydrogens is 204 g/mol. The second-order valence-corrected chi connectivity index (χ2v) is 5.58. The van der Waals surface area contributed by atoms with Gasteiger partial charge in [0.25, 0.3) is 0 Å². The van der Waals surface area contributed by atoms with Crippen LogP contribution in [0.4, 0.5) is 0 Å². The smallest absolute Gasteiger partial charge is 0.128 e. The summed E-state index contributed by atoms with van der Waals surface area (Å²) >= 11 is 0. The number of rotatable bonds is 3. The molecule has 0 spiro atoms. The van der Waals surface area contributed by atoms with Crippen molar-refractivity contribution < 1.29 is 9.29 Å². The first-order valence-electron chi connectivity index (χ1n) is 6.76. The van der Waals surface area contributed by atoms with Crippen molar-refractivity contribution in [2.75, 3.05) is 39.3 Å². The Labute approximate surface area is 98.2 Å². The topological polar surface area (TPSA) is 46.1 Å². The summed E-state index contributed by atoms with van der Waals surface area (Å²) < 4.78 is -0.190. The molecule has 0 N–H and O–H groups in total. The molecule has 0 aromatic carbocycles. The van der Waals surface area contributed by atoms with E-state index in [9.17, 15) is 10.4 Å². The molecule has 0 aliphatic carbocycles. The van der Waals surface area contributed by atoms with Gasteiger partial charge in [-0.3, -0.25) is 0 Å². The third-order valence-electron chi connectivity index (χ3n) is 4.18. The first kappa shape index (κ1) is 12.3. The van der Waals surface area contributed by atoms with E-state index in [0.29, 0.717) is 13.1 Å². The van der Waals surface area contributed by atoms with Crippen LogP contribution in [-0.2, 0) is 0 Å². The van der Waals surface area contributed by atoms with Gasteiger partial charge >= 0.3 is 0 Å². The van der Waals surface area contributed by atoms with Crippen LogP contribution in [0.1, 0.15) is 38.5 Å². The van der Waals surface area contributed by atoms with Crippen molar-refractivity contribution >= 4 is 0 Å². The summed E-state index contributed by atoms with van der Waals surface area (Å²) in [5.74, 6) is 0. The zero-order valence-electron chi connectivity index (χ0n) is 10.2. The van der Waals surface area contributed by atoms with Crippen molar-refractivity contribution in [1.29, 1.82) is 0 Å². The van der Waals surface area contributed by atoms with Gasteiger partial charge < -0.3 is 19.7 Å². The zero-order chi connectivity index (χ0) is 11.5. The predicted molar refractivity (Wildman–Crippen MR) is 64.2 cm³/mol. The van der Waals surface area contributed by atoms with Crippen molar-refractivity contribution in [3.05, 3.63) is 10.4 Å². The van der Waals surface area contributed by atoms with E-state index < -0.39 is 0 Å². The first-order chi connectivity index (χ1) is 7.62. The van der Waals surface area contributed by atoms with Crippen molar-refractivity contribution in [2.45, 2.75) is 38.5 Å². The molecule has 2 aliphatic heterocycles. The maximum atomic E-state index is 12.3. The molecule has 2 saturated heterocycles. The number of hydroxylamine groups is 6. The van der Waals surface area contributed by atoms with Gasteiger partial charge in [-0.05, 0) is 38.5 Å². The van der Waals surface area contributed by atoms with E-state index in [-0.39, 0.29) is 9.29 Å². The third kappa shape index (κ3) is 3.17. The van der Waals surface area contributed by atoms with Crippen LogP contribution >= 0.6 is 0 Å². The summed E-state index contributed by atoms with van der Waals surface area (Å²) in [7, 11) is 0. The molecule has 0 amide bonds. The lowest BCUT2D eigenvalue weighted by atomic mass is 10.1. The standard InChI is InChI=1S/C12H24N2O2/c15-13(7-3-1-4-8-13)11-12-14(16)9-5-2-6-10-14/h1-12H2. The Hall–Kier alpha value is -0.160. The second-order valence-electron chi connectivity index (χ2n) is 5.58. The molecule has 2 heterocycles. The highest BCUT2D eigenvalue weighted by atomic mass is 16.6. The number of piperidine rings is 2. The summed E-state index contributed by atoms with van der Waals surface area (Å²) in [6.45, 7) is 4.03. The Morgan fingerprint density at radius 1 is 0.562 bits per heavy atom. The fraction of sp³-hybridized carbons (Fsp3) is 1.00. The van der Waals surface area contributed by atoms with E-state index in [2.05, 4.69) is 0 Å². The van der Waals surface area contributed by atoms with Gasteiger partial charge in [0, 0.05) is 0 Å². The van der Waals surface area contributed by atoms with Crippen molar-refractivity contribution in [1.82, 2.24) is 0 Å². The number of nitrogens with zero attached hydrogens (tertiary/aromatic N) is 2. The Kier molecular flexibility index (Phi) is 3.85. The Morgan fingerprint density at radius 2 is 0.875 bits per heavy atom. The van der Waals surface area contributed by atoms with Crippen molar-refractivity contribution in [3.63, 3.8) is 0 Å². The molecular formula is C12H24N2O2. The van der Waals surface area contributed by atoms with Crippen molar-refractivity contribution in [2.24, 2.45) is 0 Å². The van der Waals surface area contributed by atoms with Crippen LogP contribution in [0.5, 0.6) is 0 Å². The van der Waals surface area contributed by atoms with Gasteiger partial charge in [-0.1, -0.05) is 0 Å². The second kappa shape index (κ2) is 5.00. The summed E-state index contributed by atoms with van der Waals surface area (Å²) in [5.41, 5.74) is 0. The molecule has 0 saturated carbocycles. The van der Waals surface area contributed by atoms with E-state index in [0.717, 1.165) is 51.9 Å². The normalized spacial score (nSPS) is 28.9. The monoisotopic (exact) mass is 228 g/mol. The maximum absolute atomic E-state index is 12.3. The predicted octanol–water partition coefficient (Wildman–Crippen LogP) is 1.98. The lowest BCUT2D eigenvalue weighted by Crippen LogP contribution is -2.55. The minimum atomic E-state index is -0.0950. The van der Waals surface area contributed by atoms with E-state index in [1.807, 2.05) is 0 Å². The molecule has 2 rings (SSSR count). The molecule has 0 aromatic rings. The van der Waals surface area contributed by atoms with Gasteiger partial charge in [0.05, 0.1) is 26.2 Å². The summed E-state index contributed by atoms with van der Waals surface area (Å²) in [6, 6.07) is 0. The molecule has 4 nitrogen and oxygen atoms in total. The van der Waals surface area contributed by atoms with Crippen molar-refractivity contribution in [3.8, 4) is 0 Å². The summed E-state index contributed by atoms with van der Waals surface area (Å²) in [4.78, 5) is 0. The summed E-state index contributed by atoms with van der Waals surface area (Å²) in [5, 5.41) is 24.6. The number of quaternary nitrogens is 2. The average Bonchev–Trinajstić information content (AvgIpc) is 2.29. The van der Waals surface area contributed by atoms with Crippen LogP contribution in [0.2, 0.25) is 0 Å². The quantitative estimate of drug-likeness (QED) is 0.548. The van der Waals surface area contributed by atoms with Gasteiger partial charge in [0.2, 0.25) is 0 Å². The lowest BCUT2D eigenvalue weighted by molar-refractivity contribution is -0.940. The van der Waals surface area contributed by atoms with Gasteiger partial charge in [-0.2, -0.15) is 0 Å². The molecule has 0 atom stereocenters. The molecule has 4 heteroatoms. The highest BCUT2D eigenvalue weighted by Gasteiger charge is 2.26. The summed E-state index contributed by atoms with van der Waals surface area (Å²) in [6.07, 6.45) is 6.56. The fourth-order valence-corrected chi connectivity index (χ4v) is 2.99. The van der Waals surface area contributed by atoms with E-state index in [4.69, 9.17) is 0 Å². The highest BCUT2D eigenvalue weighted by Crippen LogP contribution is 2.21. The minimum absolute atomic E-state index is 0.0950. The van der Waals surface area contributed by atoms with Crippen LogP contribution in [-0.4, -0.2) is 48.6 Å². The average molecular weight is 228 g/mol. The van der Waals surface area contributed by atoms with E-state index >= 15 is 0 Å². The third-order valence-corrected chi connectivity index (χ3v) is 4.18. The maximum Gasteiger partial charge on any atom is 0.128 e.